The van der Waals surface area contributed by atoms with Crippen molar-refractivity contribution >= 4 is 16.1 Å². The van der Waals surface area contributed by atoms with E-state index in [9.17, 15) is 13.2 Å². The zero-order valence-electron chi connectivity index (χ0n) is 10.4. The number of hydrogen-bond donors (Lipinski definition) is 0. The third-order valence-electron chi connectivity index (χ3n) is 3.76. The van der Waals surface area contributed by atoms with Crippen molar-refractivity contribution in [2.75, 3.05) is 12.5 Å². The molecular weight excluding hydrogens is 268 g/mol. The monoisotopic (exact) mass is 282 g/mol. The maximum atomic E-state index is 11.9. The molecule has 1 heterocycles. The summed E-state index contributed by atoms with van der Waals surface area (Å²) >= 11 is 0. The van der Waals surface area contributed by atoms with Crippen LogP contribution in [0.2, 0.25) is 0 Å². The Kier molecular flexibility index (Phi) is 2.78. The Labute approximate surface area is 111 Å². The van der Waals surface area contributed by atoms with Crippen molar-refractivity contribution in [3.8, 4) is 11.5 Å². The molecule has 1 saturated carbocycles. The number of hydrogen-bond acceptors (Lipinski definition) is 5. The van der Waals surface area contributed by atoms with Crippen molar-refractivity contribution in [1.82, 2.24) is 0 Å². The van der Waals surface area contributed by atoms with E-state index in [0.29, 0.717) is 11.5 Å². The highest BCUT2D eigenvalue weighted by atomic mass is 32.2. The molecule has 2 aliphatic rings. The highest BCUT2D eigenvalue weighted by Crippen LogP contribution is 2.52. The Morgan fingerprint density at radius 1 is 1.32 bits per heavy atom. The number of aldehydes is 1. The average molecular weight is 282 g/mol. The van der Waals surface area contributed by atoms with Crippen molar-refractivity contribution < 1.29 is 22.7 Å². The quantitative estimate of drug-likeness (QED) is 0.774. The van der Waals surface area contributed by atoms with Gasteiger partial charge in [0.2, 0.25) is 6.79 Å². The summed E-state index contributed by atoms with van der Waals surface area (Å²) in [7, 11) is -3.20. The van der Waals surface area contributed by atoms with Crippen LogP contribution in [0.3, 0.4) is 0 Å². The zero-order valence-corrected chi connectivity index (χ0v) is 11.2. The maximum absolute atomic E-state index is 11.9. The molecule has 0 amide bonds. The van der Waals surface area contributed by atoms with Crippen molar-refractivity contribution in [3.05, 3.63) is 23.8 Å². The second kappa shape index (κ2) is 4.23. The Bertz CT molecular complexity index is 622. The van der Waals surface area contributed by atoms with Gasteiger partial charge in [0, 0.05) is 17.6 Å². The number of rotatable bonds is 4. The highest BCUT2D eigenvalue weighted by molar-refractivity contribution is 7.92. The molecule has 3 atom stereocenters. The Balaban J connectivity index is 1.93. The molecular formula is C13H14O5S. The van der Waals surface area contributed by atoms with Gasteiger partial charge >= 0.3 is 0 Å². The topological polar surface area (TPSA) is 69.7 Å². The molecule has 1 aromatic carbocycles. The molecule has 0 aromatic heterocycles. The van der Waals surface area contributed by atoms with Crippen LogP contribution in [0.25, 0.3) is 0 Å². The summed E-state index contributed by atoms with van der Waals surface area (Å²) in [5, 5.41) is -0.588. The van der Waals surface area contributed by atoms with Gasteiger partial charge in [-0.05, 0) is 17.7 Å². The fourth-order valence-electron chi connectivity index (χ4n) is 2.65. The molecule has 5 nitrogen and oxygen atoms in total. The number of ether oxygens (including phenoxy) is 2. The van der Waals surface area contributed by atoms with Crippen LogP contribution in [-0.4, -0.2) is 32.5 Å². The smallest absolute Gasteiger partial charge is 0.231 e. The normalized spacial score (nSPS) is 28.2. The molecule has 0 saturated heterocycles. The Hall–Kier alpha value is -1.56. The molecule has 0 N–H and O–H groups in total. The van der Waals surface area contributed by atoms with Gasteiger partial charge in [-0.25, -0.2) is 8.42 Å². The molecule has 1 aromatic rings. The molecule has 0 unspecified atom stereocenters. The number of sulfone groups is 1. The lowest BCUT2D eigenvalue weighted by Crippen LogP contribution is -2.12. The SMILES string of the molecule is CCS(=O)(=O)[C@@H]1[C@@H](C=O)[C@H]1c1ccc2c(c1)OCO2. The van der Waals surface area contributed by atoms with E-state index in [1.807, 2.05) is 0 Å². The predicted octanol–water partition coefficient (Wildman–Crippen LogP) is 1.13. The third-order valence-corrected chi connectivity index (χ3v) is 6.00. The van der Waals surface area contributed by atoms with E-state index in [0.717, 1.165) is 11.8 Å². The van der Waals surface area contributed by atoms with Crippen molar-refractivity contribution in [1.29, 1.82) is 0 Å². The minimum atomic E-state index is -3.20. The van der Waals surface area contributed by atoms with Crippen LogP contribution in [0.15, 0.2) is 18.2 Å². The molecule has 19 heavy (non-hydrogen) atoms. The number of carbonyl (C=O) groups is 1. The van der Waals surface area contributed by atoms with Crippen LogP contribution in [0.4, 0.5) is 0 Å². The molecule has 0 spiro atoms. The van der Waals surface area contributed by atoms with E-state index in [4.69, 9.17) is 9.47 Å². The van der Waals surface area contributed by atoms with E-state index in [1.54, 1.807) is 25.1 Å². The first-order valence-corrected chi connectivity index (χ1v) is 7.86. The van der Waals surface area contributed by atoms with Crippen LogP contribution in [0.5, 0.6) is 11.5 Å². The van der Waals surface area contributed by atoms with Crippen LogP contribution in [0.1, 0.15) is 18.4 Å². The summed E-state index contributed by atoms with van der Waals surface area (Å²) in [5.74, 6) is 0.634. The standard InChI is InChI=1S/C13H14O5S/c1-2-19(15,16)13-9(6-14)12(13)8-3-4-10-11(5-8)18-7-17-10/h3-6,9,12-13H,2,7H2,1H3/t9-,12+,13+/m0/s1. The second-order valence-corrected chi connectivity index (χ2v) is 7.22. The zero-order chi connectivity index (χ0) is 13.6. The summed E-state index contributed by atoms with van der Waals surface area (Å²) in [5.41, 5.74) is 0.823. The lowest BCUT2D eigenvalue weighted by atomic mass is 10.1. The van der Waals surface area contributed by atoms with Gasteiger partial charge in [0.15, 0.2) is 21.3 Å². The number of carbonyl (C=O) groups excluding carboxylic acids is 1. The summed E-state index contributed by atoms with van der Waals surface area (Å²) in [6.07, 6.45) is 0.743. The summed E-state index contributed by atoms with van der Waals surface area (Å²) < 4.78 is 34.4. The van der Waals surface area contributed by atoms with Gasteiger partial charge in [0.1, 0.15) is 6.29 Å². The second-order valence-electron chi connectivity index (χ2n) is 4.77. The van der Waals surface area contributed by atoms with Crippen LogP contribution >= 0.6 is 0 Å². The van der Waals surface area contributed by atoms with E-state index in [2.05, 4.69) is 0 Å². The fourth-order valence-corrected chi connectivity index (χ4v) is 4.45. The van der Waals surface area contributed by atoms with Crippen LogP contribution in [-0.2, 0) is 14.6 Å². The third kappa shape index (κ3) is 1.90. The molecule has 1 aliphatic carbocycles. The maximum Gasteiger partial charge on any atom is 0.231 e. The predicted molar refractivity (Wildman–Crippen MR) is 68.1 cm³/mol. The molecule has 0 radical (unpaired) electrons. The van der Waals surface area contributed by atoms with Gasteiger partial charge < -0.3 is 14.3 Å². The van der Waals surface area contributed by atoms with Gasteiger partial charge in [0.25, 0.3) is 0 Å². The fraction of sp³-hybridized carbons (Fsp3) is 0.462. The minimum Gasteiger partial charge on any atom is -0.454 e. The first-order valence-electron chi connectivity index (χ1n) is 6.15. The van der Waals surface area contributed by atoms with Crippen LogP contribution in [0, 0.1) is 5.92 Å². The van der Waals surface area contributed by atoms with Crippen molar-refractivity contribution in [2.24, 2.45) is 5.92 Å². The first-order chi connectivity index (χ1) is 9.08. The summed E-state index contributed by atoms with van der Waals surface area (Å²) in [4.78, 5) is 11.0. The molecule has 1 aliphatic heterocycles. The Morgan fingerprint density at radius 2 is 2.05 bits per heavy atom. The van der Waals surface area contributed by atoms with Gasteiger partial charge in [-0.3, -0.25) is 0 Å². The summed E-state index contributed by atoms with van der Waals surface area (Å²) in [6.45, 7) is 1.78. The van der Waals surface area contributed by atoms with Gasteiger partial charge in [-0.1, -0.05) is 13.0 Å². The van der Waals surface area contributed by atoms with E-state index in [-0.39, 0.29) is 18.5 Å². The van der Waals surface area contributed by atoms with Crippen molar-refractivity contribution in [2.45, 2.75) is 18.1 Å². The Morgan fingerprint density at radius 3 is 2.74 bits per heavy atom. The lowest BCUT2D eigenvalue weighted by Gasteiger charge is -2.02. The van der Waals surface area contributed by atoms with E-state index >= 15 is 0 Å². The molecule has 102 valence electrons. The lowest BCUT2D eigenvalue weighted by molar-refractivity contribution is -0.108. The van der Waals surface area contributed by atoms with E-state index in [1.165, 1.54) is 0 Å². The first kappa shape index (κ1) is 12.5. The van der Waals surface area contributed by atoms with Crippen molar-refractivity contribution in [3.63, 3.8) is 0 Å². The van der Waals surface area contributed by atoms with Gasteiger partial charge in [-0.15, -0.1) is 0 Å². The molecule has 1 fully saturated rings. The molecule has 0 bridgehead atoms. The van der Waals surface area contributed by atoms with Gasteiger partial charge in [-0.2, -0.15) is 0 Å². The summed E-state index contributed by atoms with van der Waals surface area (Å²) in [6, 6.07) is 5.34. The minimum absolute atomic E-state index is 0.0586. The molecule has 6 heteroatoms. The largest absolute Gasteiger partial charge is 0.454 e. The average Bonchev–Trinajstić information content (AvgIpc) is 2.99. The highest BCUT2D eigenvalue weighted by Gasteiger charge is 2.58. The van der Waals surface area contributed by atoms with Crippen LogP contribution < -0.4 is 9.47 Å². The van der Waals surface area contributed by atoms with Gasteiger partial charge in [0.05, 0.1) is 5.25 Å². The number of benzene rings is 1. The molecule has 3 rings (SSSR count). The van der Waals surface area contributed by atoms with E-state index < -0.39 is 21.0 Å². The number of fused-ring (bicyclic) bond motifs is 1.